The third kappa shape index (κ3) is 4.97. The van der Waals surface area contributed by atoms with Crippen LogP contribution < -0.4 is 0 Å². The number of carbonyl (C=O) groups is 1. The lowest BCUT2D eigenvalue weighted by Crippen LogP contribution is -2.47. The first kappa shape index (κ1) is 22.3. The molecule has 2 fully saturated rings. The van der Waals surface area contributed by atoms with Gasteiger partial charge in [0.05, 0.1) is 22.8 Å². The van der Waals surface area contributed by atoms with Gasteiger partial charge in [-0.3, -0.25) is 4.79 Å². The van der Waals surface area contributed by atoms with E-state index in [-0.39, 0.29) is 45.8 Å². The molecule has 1 saturated heterocycles. The molecule has 0 spiro atoms. The Morgan fingerprint density at radius 1 is 1.10 bits per heavy atom. The smallest absolute Gasteiger partial charge is 0.335 e. The number of carbonyl (C=O) groups excluding carboxylic acids is 1. The molecule has 6 nitrogen and oxygen atoms in total. The molecule has 1 aromatic carbocycles. The zero-order valence-electron chi connectivity index (χ0n) is 16.6. The SMILES string of the molecule is O=C(CSc1nc(C(F)(F)F)nc2ccccc12)N(C1CCCC1)C1CCS(=O)(=O)C1. The van der Waals surface area contributed by atoms with E-state index < -0.39 is 21.8 Å². The molecule has 1 aliphatic heterocycles. The van der Waals surface area contributed by atoms with Gasteiger partial charge in [0.1, 0.15) is 5.03 Å². The van der Waals surface area contributed by atoms with Crippen molar-refractivity contribution in [1.82, 2.24) is 14.9 Å². The Labute approximate surface area is 182 Å². The molecule has 1 aliphatic carbocycles. The van der Waals surface area contributed by atoms with Crippen LogP contribution in [0.5, 0.6) is 0 Å². The molecule has 168 valence electrons. The lowest BCUT2D eigenvalue weighted by atomic mass is 10.1. The van der Waals surface area contributed by atoms with Crippen molar-refractivity contribution in [3.63, 3.8) is 0 Å². The van der Waals surface area contributed by atoms with Crippen LogP contribution in [0.3, 0.4) is 0 Å². The van der Waals surface area contributed by atoms with Crippen molar-refractivity contribution in [3.05, 3.63) is 30.1 Å². The van der Waals surface area contributed by atoms with Crippen LogP contribution in [0.15, 0.2) is 29.3 Å². The van der Waals surface area contributed by atoms with E-state index >= 15 is 0 Å². The highest BCUT2D eigenvalue weighted by atomic mass is 32.2. The number of hydrogen-bond acceptors (Lipinski definition) is 6. The van der Waals surface area contributed by atoms with E-state index in [0.29, 0.717) is 11.8 Å². The van der Waals surface area contributed by atoms with Crippen molar-refractivity contribution in [2.75, 3.05) is 17.3 Å². The van der Waals surface area contributed by atoms with Gasteiger partial charge in [0.2, 0.25) is 11.7 Å². The average Bonchev–Trinajstić information content (AvgIpc) is 3.35. The summed E-state index contributed by atoms with van der Waals surface area (Å²) in [5.74, 6) is -1.59. The number of fused-ring (bicyclic) bond motifs is 1. The Morgan fingerprint density at radius 2 is 1.81 bits per heavy atom. The monoisotopic (exact) mass is 473 g/mol. The third-order valence-corrected chi connectivity index (χ3v) is 8.49. The van der Waals surface area contributed by atoms with Gasteiger partial charge in [0.15, 0.2) is 9.84 Å². The number of amides is 1. The zero-order chi connectivity index (χ0) is 22.2. The topological polar surface area (TPSA) is 80.2 Å². The maximum atomic E-state index is 13.2. The Balaban J connectivity index is 1.58. The first-order valence-electron chi connectivity index (χ1n) is 10.1. The van der Waals surface area contributed by atoms with Crippen molar-refractivity contribution < 1.29 is 26.4 Å². The highest BCUT2D eigenvalue weighted by Gasteiger charge is 2.39. The van der Waals surface area contributed by atoms with Gasteiger partial charge in [0.25, 0.3) is 0 Å². The number of hydrogen-bond donors (Lipinski definition) is 0. The fourth-order valence-electron chi connectivity index (χ4n) is 4.37. The summed E-state index contributed by atoms with van der Waals surface area (Å²) in [5.41, 5.74) is 0.161. The molecular weight excluding hydrogens is 451 g/mol. The molecule has 1 saturated carbocycles. The molecule has 2 heterocycles. The van der Waals surface area contributed by atoms with Gasteiger partial charge in [-0.15, -0.1) is 0 Å². The van der Waals surface area contributed by atoms with Crippen molar-refractivity contribution in [1.29, 1.82) is 0 Å². The minimum atomic E-state index is -4.70. The highest BCUT2D eigenvalue weighted by Crippen LogP contribution is 2.34. The van der Waals surface area contributed by atoms with E-state index in [2.05, 4.69) is 9.97 Å². The Morgan fingerprint density at radius 3 is 2.45 bits per heavy atom. The predicted molar refractivity (Wildman–Crippen MR) is 111 cm³/mol. The average molecular weight is 474 g/mol. The van der Waals surface area contributed by atoms with E-state index in [0.717, 1.165) is 37.4 Å². The van der Waals surface area contributed by atoms with Crippen LogP contribution in [0, 0.1) is 0 Å². The third-order valence-electron chi connectivity index (χ3n) is 5.76. The number of para-hydroxylation sites is 1. The van der Waals surface area contributed by atoms with E-state index in [1.165, 1.54) is 6.07 Å². The van der Waals surface area contributed by atoms with Gasteiger partial charge in [0, 0.05) is 17.5 Å². The minimum Gasteiger partial charge on any atom is -0.335 e. The van der Waals surface area contributed by atoms with E-state index in [1.54, 1.807) is 23.1 Å². The molecule has 1 unspecified atom stereocenters. The molecule has 1 aromatic heterocycles. The maximum Gasteiger partial charge on any atom is 0.451 e. The van der Waals surface area contributed by atoms with Crippen LogP contribution in [-0.4, -0.2) is 58.5 Å². The minimum absolute atomic E-state index is 0.0146. The van der Waals surface area contributed by atoms with Crippen LogP contribution in [-0.2, 0) is 20.8 Å². The molecule has 31 heavy (non-hydrogen) atoms. The molecule has 0 bridgehead atoms. The molecule has 2 aromatic rings. The summed E-state index contributed by atoms with van der Waals surface area (Å²) >= 11 is 0.942. The van der Waals surface area contributed by atoms with E-state index in [4.69, 9.17) is 0 Å². The number of benzene rings is 1. The molecule has 1 amide bonds. The van der Waals surface area contributed by atoms with Crippen molar-refractivity contribution >= 4 is 38.4 Å². The highest BCUT2D eigenvalue weighted by molar-refractivity contribution is 8.00. The maximum absolute atomic E-state index is 13.2. The summed E-state index contributed by atoms with van der Waals surface area (Å²) < 4.78 is 63.7. The summed E-state index contributed by atoms with van der Waals surface area (Å²) in [4.78, 5) is 22.1. The summed E-state index contributed by atoms with van der Waals surface area (Å²) in [6.07, 6.45) is -0.691. The van der Waals surface area contributed by atoms with Crippen LogP contribution >= 0.6 is 11.8 Å². The first-order chi connectivity index (χ1) is 14.6. The number of nitrogens with zero attached hydrogens (tertiary/aromatic N) is 3. The fraction of sp³-hybridized carbons (Fsp3) is 0.550. The number of sulfone groups is 1. The second-order valence-corrected chi connectivity index (χ2v) is 11.1. The largest absolute Gasteiger partial charge is 0.451 e. The summed E-state index contributed by atoms with van der Waals surface area (Å²) in [5, 5.41) is 0.542. The standard InChI is InChI=1S/C20H22F3N3O3S2/c21-20(22,23)19-24-16-8-4-3-7-15(16)18(25-19)30-11-17(27)26(13-5-1-2-6-13)14-9-10-31(28,29)12-14/h3-4,7-8,13-14H,1-2,5-6,9-12H2. The van der Waals surface area contributed by atoms with Crippen LogP contribution in [0.1, 0.15) is 37.9 Å². The normalized spacial score (nSPS) is 21.6. The summed E-state index contributed by atoms with van der Waals surface area (Å²) in [7, 11) is -3.17. The molecule has 2 aliphatic rings. The zero-order valence-corrected chi connectivity index (χ0v) is 18.3. The Kier molecular flexibility index (Phi) is 6.17. The Hall–Kier alpha value is -1.88. The van der Waals surface area contributed by atoms with Gasteiger partial charge >= 0.3 is 6.18 Å². The molecule has 11 heteroatoms. The quantitative estimate of drug-likeness (QED) is 0.487. The van der Waals surface area contributed by atoms with Crippen molar-refractivity contribution in [3.8, 4) is 0 Å². The lowest BCUT2D eigenvalue weighted by Gasteiger charge is -2.34. The van der Waals surface area contributed by atoms with Gasteiger partial charge < -0.3 is 4.90 Å². The lowest BCUT2D eigenvalue weighted by molar-refractivity contribution is -0.145. The number of alkyl halides is 3. The molecular formula is C20H22F3N3O3S2. The molecule has 0 radical (unpaired) electrons. The first-order valence-corrected chi connectivity index (χ1v) is 12.9. The van der Waals surface area contributed by atoms with Crippen LogP contribution in [0.25, 0.3) is 10.9 Å². The van der Waals surface area contributed by atoms with Crippen LogP contribution in [0.2, 0.25) is 0 Å². The van der Waals surface area contributed by atoms with Gasteiger partial charge in [-0.1, -0.05) is 42.8 Å². The van der Waals surface area contributed by atoms with Crippen molar-refractivity contribution in [2.24, 2.45) is 0 Å². The Bertz CT molecular complexity index is 1090. The van der Waals surface area contributed by atoms with E-state index in [9.17, 15) is 26.4 Å². The second kappa shape index (κ2) is 8.57. The van der Waals surface area contributed by atoms with Crippen LogP contribution in [0.4, 0.5) is 13.2 Å². The van der Waals surface area contributed by atoms with Gasteiger partial charge in [-0.2, -0.15) is 13.2 Å². The molecule has 0 N–H and O–H groups in total. The van der Waals surface area contributed by atoms with Crippen molar-refractivity contribution in [2.45, 2.75) is 55.4 Å². The van der Waals surface area contributed by atoms with E-state index in [1.807, 2.05) is 0 Å². The number of aromatic nitrogens is 2. The summed E-state index contributed by atoms with van der Waals surface area (Å²) in [6.45, 7) is 0. The number of thioether (sulfide) groups is 1. The van der Waals surface area contributed by atoms with Gasteiger partial charge in [-0.25, -0.2) is 18.4 Å². The molecule has 1 atom stereocenters. The summed E-state index contributed by atoms with van der Waals surface area (Å²) in [6, 6.07) is 6.00. The number of rotatable bonds is 5. The molecule has 4 rings (SSSR count). The second-order valence-electron chi connectivity index (χ2n) is 7.95. The predicted octanol–water partition coefficient (Wildman–Crippen LogP) is 3.70. The fourth-order valence-corrected chi connectivity index (χ4v) is 6.97. The number of halogens is 3. The van der Waals surface area contributed by atoms with Gasteiger partial charge in [-0.05, 0) is 25.3 Å².